The van der Waals surface area contributed by atoms with Crippen molar-refractivity contribution in [2.45, 2.75) is 104 Å². The average Bonchev–Trinajstić information content (AvgIpc) is 2.47. The normalized spacial score (nSPS) is 11.0. The Morgan fingerprint density at radius 2 is 0.826 bits per heavy atom. The van der Waals surface area contributed by atoms with Gasteiger partial charge in [0.25, 0.3) is 0 Å². The van der Waals surface area contributed by atoms with Crippen molar-refractivity contribution < 1.29 is 0 Å². The third-order valence-electron chi connectivity index (χ3n) is 4.97. The zero-order valence-electron chi connectivity index (χ0n) is 16.9. The van der Waals surface area contributed by atoms with Crippen molar-refractivity contribution in [2.75, 3.05) is 25.7 Å². The Hall–Kier alpha value is 0.870. The Labute approximate surface area is 159 Å². The highest BCUT2D eigenvalue weighted by Crippen LogP contribution is 2.51. The van der Waals surface area contributed by atoms with Crippen LogP contribution in [-0.4, -0.2) is 25.7 Å². The third-order valence-corrected chi connectivity index (χ3v) is 8.21. The van der Waals surface area contributed by atoms with Crippen molar-refractivity contribution in [3.8, 4) is 0 Å². The van der Waals surface area contributed by atoms with Crippen molar-refractivity contribution in [3.05, 3.63) is 0 Å². The molecule has 0 unspecified atom stereocenters. The SMILES string of the molecule is Br.CCCCCCCCCCCCCCCC[P+](C)(C)CC.N. The van der Waals surface area contributed by atoms with Crippen LogP contribution in [0.25, 0.3) is 0 Å². The first-order valence-electron chi connectivity index (χ1n) is 9.94. The molecule has 0 aromatic heterocycles. The van der Waals surface area contributed by atoms with Crippen molar-refractivity contribution in [1.82, 2.24) is 6.15 Å². The molecule has 0 saturated heterocycles. The maximum Gasteiger partial charge on any atom is 0.0588 e. The molecule has 0 heterocycles. The second-order valence-electron chi connectivity index (χ2n) is 7.57. The van der Waals surface area contributed by atoms with Crippen molar-refractivity contribution in [3.63, 3.8) is 0 Å². The summed E-state index contributed by atoms with van der Waals surface area (Å²) in [5, 5.41) is 0. The molecule has 0 bridgehead atoms. The summed E-state index contributed by atoms with van der Waals surface area (Å²) in [7, 11) is -0.508. The monoisotopic (exact) mass is 412 g/mol. The van der Waals surface area contributed by atoms with Gasteiger partial charge in [0.15, 0.2) is 0 Å². The van der Waals surface area contributed by atoms with Gasteiger partial charge < -0.3 is 6.15 Å². The van der Waals surface area contributed by atoms with E-state index in [1.165, 1.54) is 102 Å². The summed E-state index contributed by atoms with van der Waals surface area (Å²) in [4.78, 5) is 0. The Balaban J connectivity index is -0.00000200. The lowest BCUT2D eigenvalue weighted by Gasteiger charge is -2.15. The predicted octanol–water partition coefficient (Wildman–Crippen LogP) is 8.50. The summed E-state index contributed by atoms with van der Waals surface area (Å²) in [6.45, 7) is 9.72. The van der Waals surface area contributed by atoms with E-state index in [-0.39, 0.29) is 23.1 Å². The fraction of sp³-hybridized carbons (Fsp3) is 1.00. The summed E-state index contributed by atoms with van der Waals surface area (Å²) in [5.74, 6) is 0. The molecule has 3 N–H and O–H groups in total. The molecular weight excluding hydrogens is 365 g/mol. The molecule has 3 heteroatoms. The topological polar surface area (TPSA) is 35.0 Å². The zero-order valence-corrected chi connectivity index (χ0v) is 19.5. The fourth-order valence-electron chi connectivity index (χ4n) is 2.89. The van der Waals surface area contributed by atoms with Crippen LogP contribution in [0, 0.1) is 0 Å². The number of hydrogen-bond donors (Lipinski definition) is 1. The van der Waals surface area contributed by atoms with Gasteiger partial charge in [0.05, 0.1) is 12.3 Å². The quantitative estimate of drug-likeness (QED) is 0.200. The van der Waals surface area contributed by atoms with E-state index in [0.717, 1.165) is 0 Å². The van der Waals surface area contributed by atoms with E-state index >= 15 is 0 Å². The molecule has 0 fully saturated rings. The number of unbranched alkanes of at least 4 members (excludes halogenated alkanes) is 13. The molecule has 0 spiro atoms. The maximum atomic E-state index is 2.52. The highest BCUT2D eigenvalue weighted by atomic mass is 79.9. The van der Waals surface area contributed by atoms with Crippen LogP contribution < -0.4 is 6.15 Å². The van der Waals surface area contributed by atoms with Gasteiger partial charge in [-0.15, -0.1) is 17.0 Å². The average molecular weight is 413 g/mol. The lowest BCUT2D eigenvalue weighted by atomic mass is 10.0. The number of hydrogen-bond acceptors (Lipinski definition) is 1. The summed E-state index contributed by atoms with van der Waals surface area (Å²) < 4.78 is 0. The first kappa shape index (κ1) is 28.7. The second-order valence-corrected chi connectivity index (χ2v) is 12.5. The Morgan fingerprint density at radius 1 is 0.522 bits per heavy atom. The lowest BCUT2D eigenvalue weighted by molar-refractivity contribution is 0.538. The van der Waals surface area contributed by atoms with E-state index in [9.17, 15) is 0 Å². The molecular formula is C20H48BrNP+. The molecule has 0 aliphatic rings. The zero-order chi connectivity index (χ0) is 15.8. The van der Waals surface area contributed by atoms with Crippen LogP contribution in [0.1, 0.15) is 104 Å². The molecule has 1 nitrogen and oxygen atoms in total. The second kappa shape index (κ2) is 20.9. The van der Waals surface area contributed by atoms with Gasteiger partial charge in [-0.25, -0.2) is 0 Å². The Morgan fingerprint density at radius 3 is 1.13 bits per heavy atom. The van der Waals surface area contributed by atoms with Crippen LogP contribution in [0.5, 0.6) is 0 Å². The summed E-state index contributed by atoms with van der Waals surface area (Å²) in [6.07, 6.45) is 23.6. The molecule has 0 aliphatic carbocycles. The smallest absolute Gasteiger partial charge is 0.0588 e. The molecule has 0 aliphatic heterocycles. The van der Waals surface area contributed by atoms with Gasteiger partial charge in [0.1, 0.15) is 0 Å². The molecule has 0 amide bonds. The largest absolute Gasteiger partial charge is 0.344 e. The van der Waals surface area contributed by atoms with Gasteiger partial charge in [-0.2, -0.15) is 0 Å². The van der Waals surface area contributed by atoms with Crippen LogP contribution in [0.4, 0.5) is 0 Å². The molecule has 0 atom stereocenters. The van der Waals surface area contributed by atoms with E-state index < -0.39 is 7.26 Å². The van der Waals surface area contributed by atoms with E-state index in [1.54, 1.807) is 0 Å². The van der Waals surface area contributed by atoms with Gasteiger partial charge in [-0.3, -0.25) is 0 Å². The van der Waals surface area contributed by atoms with Crippen molar-refractivity contribution >= 4 is 24.2 Å². The maximum absolute atomic E-state index is 2.52. The molecule has 144 valence electrons. The van der Waals surface area contributed by atoms with Gasteiger partial charge in [0.2, 0.25) is 0 Å². The minimum absolute atomic E-state index is 0. The predicted molar refractivity (Wildman–Crippen MR) is 120 cm³/mol. The van der Waals surface area contributed by atoms with Crippen LogP contribution in [-0.2, 0) is 0 Å². The molecule has 0 saturated carbocycles. The van der Waals surface area contributed by atoms with Crippen LogP contribution in [0.3, 0.4) is 0 Å². The van der Waals surface area contributed by atoms with Crippen molar-refractivity contribution in [2.24, 2.45) is 0 Å². The molecule has 0 radical (unpaired) electrons. The first-order valence-corrected chi connectivity index (χ1v) is 13.0. The van der Waals surface area contributed by atoms with Gasteiger partial charge in [0, 0.05) is 20.6 Å². The van der Waals surface area contributed by atoms with Crippen LogP contribution in [0.2, 0.25) is 0 Å². The van der Waals surface area contributed by atoms with E-state index in [2.05, 4.69) is 27.2 Å². The third kappa shape index (κ3) is 22.9. The van der Waals surface area contributed by atoms with Gasteiger partial charge in [-0.1, -0.05) is 84.0 Å². The highest BCUT2D eigenvalue weighted by molar-refractivity contribution is 8.93. The van der Waals surface area contributed by atoms with E-state index in [0.29, 0.717) is 0 Å². The minimum Gasteiger partial charge on any atom is -0.344 e. The number of rotatable bonds is 16. The van der Waals surface area contributed by atoms with Gasteiger partial charge >= 0.3 is 0 Å². The number of halogens is 1. The summed E-state index contributed by atoms with van der Waals surface area (Å²) in [6, 6.07) is 0. The Kier molecular flexibility index (Phi) is 26.1. The van der Waals surface area contributed by atoms with E-state index in [4.69, 9.17) is 0 Å². The van der Waals surface area contributed by atoms with Crippen LogP contribution >= 0.6 is 24.2 Å². The van der Waals surface area contributed by atoms with Gasteiger partial charge in [-0.05, 0) is 19.8 Å². The molecule has 0 rings (SSSR count). The Bertz CT molecular complexity index is 210. The summed E-state index contributed by atoms with van der Waals surface area (Å²) >= 11 is 0. The standard InChI is InChI=1S/C20H44P.BrH.H3N/c1-5-7-8-9-10-11-12-13-14-15-16-17-18-19-20-21(3,4)6-2;;/h5-20H2,1-4H3;1H;1H3/q+1;;. The van der Waals surface area contributed by atoms with E-state index in [1.807, 2.05) is 0 Å². The fourth-order valence-corrected chi connectivity index (χ4v) is 4.29. The molecule has 0 aromatic rings. The lowest BCUT2D eigenvalue weighted by Crippen LogP contribution is -1.97. The minimum atomic E-state index is -0.508. The molecule has 23 heavy (non-hydrogen) atoms. The summed E-state index contributed by atoms with van der Waals surface area (Å²) in [5.41, 5.74) is 0. The molecule has 0 aromatic carbocycles. The highest BCUT2D eigenvalue weighted by Gasteiger charge is 2.20. The van der Waals surface area contributed by atoms with Crippen LogP contribution in [0.15, 0.2) is 0 Å². The van der Waals surface area contributed by atoms with Crippen molar-refractivity contribution in [1.29, 1.82) is 0 Å². The first-order chi connectivity index (χ1) is 10.1.